The molecule has 0 aliphatic rings. The zero-order chi connectivity index (χ0) is 17.8. The number of ether oxygens (including phenoxy) is 2. The highest BCUT2D eigenvalue weighted by molar-refractivity contribution is 6.31. The van der Waals surface area contributed by atoms with Crippen LogP contribution in [0.2, 0.25) is 5.02 Å². The summed E-state index contributed by atoms with van der Waals surface area (Å²) in [4.78, 5) is 14.5. The van der Waals surface area contributed by atoms with E-state index in [4.69, 9.17) is 21.1 Å². The number of rotatable bonds is 5. The summed E-state index contributed by atoms with van der Waals surface area (Å²) in [5.74, 6) is 1.25. The van der Waals surface area contributed by atoms with Crippen LogP contribution >= 0.6 is 11.6 Å². The van der Waals surface area contributed by atoms with Gasteiger partial charge in [-0.25, -0.2) is 0 Å². The van der Waals surface area contributed by atoms with Crippen molar-refractivity contribution in [2.45, 2.75) is 0 Å². The molecule has 7 heteroatoms. The maximum Gasteiger partial charge on any atom is 0.250 e. The van der Waals surface area contributed by atoms with E-state index in [1.165, 1.54) is 6.07 Å². The molecule has 0 radical (unpaired) electrons. The number of pyridine rings is 1. The second-order valence-electron chi connectivity index (χ2n) is 5.22. The molecule has 2 aromatic carbocycles. The fourth-order valence-corrected chi connectivity index (χ4v) is 2.60. The van der Waals surface area contributed by atoms with Gasteiger partial charge in [0.25, 0.3) is 5.56 Å². The smallest absolute Gasteiger partial charge is 0.250 e. The summed E-state index contributed by atoms with van der Waals surface area (Å²) in [6.45, 7) is 0. The molecule has 0 atom stereocenters. The summed E-state index contributed by atoms with van der Waals surface area (Å²) in [5, 5.41) is 5.55. The van der Waals surface area contributed by atoms with Gasteiger partial charge >= 0.3 is 0 Å². The van der Waals surface area contributed by atoms with Gasteiger partial charge in [0.15, 0.2) is 11.5 Å². The van der Waals surface area contributed by atoms with Crippen LogP contribution in [-0.4, -0.2) is 25.4 Å². The highest BCUT2D eigenvalue weighted by Gasteiger charge is 2.05. The molecule has 0 saturated carbocycles. The molecule has 0 fully saturated rings. The van der Waals surface area contributed by atoms with Crippen molar-refractivity contribution in [1.29, 1.82) is 0 Å². The Labute approximate surface area is 149 Å². The Bertz CT molecular complexity index is 999. The summed E-state index contributed by atoms with van der Waals surface area (Å²) in [7, 11) is 3.15. The molecule has 3 aromatic rings. The van der Waals surface area contributed by atoms with E-state index in [1.54, 1.807) is 50.8 Å². The van der Waals surface area contributed by atoms with Crippen LogP contribution in [0.3, 0.4) is 0 Å². The van der Waals surface area contributed by atoms with Gasteiger partial charge in [-0.05, 0) is 42.0 Å². The molecule has 6 nitrogen and oxygen atoms in total. The summed E-state index contributed by atoms with van der Waals surface area (Å²) in [6, 6.07) is 12.1. The normalized spacial score (nSPS) is 11.0. The van der Waals surface area contributed by atoms with E-state index < -0.39 is 0 Å². The minimum atomic E-state index is -0.223. The monoisotopic (exact) mass is 357 g/mol. The maximum atomic E-state index is 11.8. The van der Waals surface area contributed by atoms with Crippen LogP contribution in [0.4, 0.5) is 5.69 Å². The fourth-order valence-electron chi connectivity index (χ4n) is 2.43. The van der Waals surface area contributed by atoms with Gasteiger partial charge < -0.3 is 14.5 Å². The van der Waals surface area contributed by atoms with Crippen LogP contribution in [0, 0.1) is 0 Å². The standard InChI is InChI=1S/C18H16ClN3O3/c1-24-16-6-3-11(7-17(16)25-2)10-20-22-15-9-18(23)21-14-5-4-12(19)8-13(14)15/h3-10H,1-2H3,(H2,21,22,23)/b20-10+. The molecule has 3 rings (SSSR count). The van der Waals surface area contributed by atoms with Gasteiger partial charge in [-0.3, -0.25) is 10.2 Å². The molecule has 0 amide bonds. The number of H-pyrrole nitrogens is 1. The number of fused-ring (bicyclic) bond motifs is 1. The molecule has 0 spiro atoms. The molecule has 2 N–H and O–H groups in total. The molecule has 0 bridgehead atoms. The number of halogens is 1. The third-order valence-corrected chi connectivity index (χ3v) is 3.85. The Balaban J connectivity index is 1.89. The van der Waals surface area contributed by atoms with E-state index in [2.05, 4.69) is 15.5 Å². The van der Waals surface area contributed by atoms with Crippen LogP contribution in [0.5, 0.6) is 11.5 Å². The lowest BCUT2D eigenvalue weighted by molar-refractivity contribution is 0.355. The molecular formula is C18H16ClN3O3. The largest absolute Gasteiger partial charge is 0.493 e. The number of anilines is 1. The Morgan fingerprint density at radius 2 is 1.88 bits per heavy atom. The van der Waals surface area contributed by atoms with Crippen LogP contribution in [-0.2, 0) is 0 Å². The predicted octanol–water partition coefficient (Wildman–Crippen LogP) is 3.64. The van der Waals surface area contributed by atoms with Gasteiger partial charge in [0, 0.05) is 16.5 Å². The quantitative estimate of drug-likeness (QED) is 0.540. The molecular weight excluding hydrogens is 342 g/mol. The van der Waals surface area contributed by atoms with Crippen molar-refractivity contribution >= 4 is 34.4 Å². The van der Waals surface area contributed by atoms with E-state index in [9.17, 15) is 4.79 Å². The van der Waals surface area contributed by atoms with Crippen LogP contribution in [0.15, 0.2) is 52.4 Å². The summed E-state index contributed by atoms with van der Waals surface area (Å²) in [6.07, 6.45) is 1.62. The topological polar surface area (TPSA) is 75.7 Å². The van der Waals surface area contributed by atoms with Crippen molar-refractivity contribution < 1.29 is 9.47 Å². The number of nitrogens with zero attached hydrogens (tertiary/aromatic N) is 1. The van der Waals surface area contributed by atoms with Crippen LogP contribution in [0.1, 0.15) is 5.56 Å². The first-order chi connectivity index (χ1) is 12.1. The summed E-state index contributed by atoms with van der Waals surface area (Å²) >= 11 is 6.04. The molecule has 0 aliphatic heterocycles. The first kappa shape index (κ1) is 16.9. The lowest BCUT2D eigenvalue weighted by Crippen LogP contribution is -2.06. The zero-order valence-corrected chi connectivity index (χ0v) is 14.4. The van der Waals surface area contributed by atoms with Crippen molar-refractivity contribution in [2.75, 3.05) is 19.6 Å². The van der Waals surface area contributed by atoms with E-state index in [-0.39, 0.29) is 5.56 Å². The third kappa shape index (κ3) is 3.75. The van der Waals surface area contributed by atoms with E-state index in [0.717, 1.165) is 10.9 Å². The number of methoxy groups -OCH3 is 2. The van der Waals surface area contributed by atoms with Crippen molar-refractivity contribution in [2.24, 2.45) is 5.10 Å². The molecule has 0 unspecified atom stereocenters. The molecule has 0 aliphatic carbocycles. The fraction of sp³-hybridized carbons (Fsp3) is 0.111. The average Bonchev–Trinajstić information content (AvgIpc) is 2.62. The molecule has 128 valence electrons. The minimum Gasteiger partial charge on any atom is -0.493 e. The van der Waals surface area contributed by atoms with Gasteiger partial charge in [-0.2, -0.15) is 5.10 Å². The van der Waals surface area contributed by atoms with Crippen molar-refractivity contribution in [3.05, 3.63) is 63.4 Å². The Kier molecular flexibility index (Phi) is 4.90. The van der Waals surface area contributed by atoms with Crippen LogP contribution in [0.25, 0.3) is 10.9 Å². The summed E-state index contributed by atoms with van der Waals surface area (Å²) in [5.41, 5.74) is 4.73. The Hall–Kier alpha value is -2.99. The van der Waals surface area contributed by atoms with Crippen molar-refractivity contribution in [1.82, 2.24) is 4.98 Å². The second-order valence-corrected chi connectivity index (χ2v) is 5.66. The lowest BCUT2D eigenvalue weighted by Gasteiger charge is -2.08. The molecule has 0 saturated heterocycles. The SMILES string of the molecule is COc1ccc(/C=N/Nc2cc(=O)[nH]c3ccc(Cl)cc23)cc1OC. The third-order valence-electron chi connectivity index (χ3n) is 3.61. The molecule has 1 heterocycles. The maximum absolute atomic E-state index is 11.8. The number of nitrogens with one attached hydrogen (secondary N) is 2. The molecule has 25 heavy (non-hydrogen) atoms. The van der Waals surface area contributed by atoms with Gasteiger partial charge in [0.2, 0.25) is 0 Å². The van der Waals surface area contributed by atoms with Gasteiger partial charge in [0.05, 0.1) is 31.6 Å². The lowest BCUT2D eigenvalue weighted by atomic mass is 10.2. The van der Waals surface area contributed by atoms with Gasteiger partial charge in [0.1, 0.15) is 0 Å². The number of aromatic amines is 1. The zero-order valence-electron chi connectivity index (χ0n) is 13.7. The second kappa shape index (κ2) is 7.27. The number of hydrogen-bond acceptors (Lipinski definition) is 5. The van der Waals surface area contributed by atoms with E-state index in [0.29, 0.717) is 27.7 Å². The first-order valence-electron chi connectivity index (χ1n) is 7.44. The van der Waals surface area contributed by atoms with Crippen LogP contribution < -0.4 is 20.5 Å². The van der Waals surface area contributed by atoms with E-state index in [1.807, 2.05) is 6.07 Å². The summed E-state index contributed by atoms with van der Waals surface area (Å²) < 4.78 is 10.5. The Morgan fingerprint density at radius 3 is 2.64 bits per heavy atom. The minimum absolute atomic E-state index is 0.223. The number of hydrazone groups is 1. The average molecular weight is 358 g/mol. The number of hydrogen-bond donors (Lipinski definition) is 2. The van der Waals surface area contributed by atoms with E-state index >= 15 is 0 Å². The molecule has 1 aromatic heterocycles. The van der Waals surface area contributed by atoms with Gasteiger partial charge in [-0.1, -0.05) is 11.6 Å². The van der Waals surface area contributed by atoms with Crippen molar-refractivity contribution in [3.63, 3.8) is 0 Å². The van der Waals surface area contributed by atoms with Crippen molar-refractivity contribution in [3.8, 4) is 11.5 Å². The predicted molar refractivity (Wildman–Crippen MR) is 100 cm³/mol. The highest BCUT2D eigenvalue weighted by atomic mass is 35.5. The number of aromatic nitrogens is 1. The first-order valence-corrected chi connectivity index (χ1v) is 7.82. The number of benzene rings is 2. The Morgan fingerprint density at radius 1 is 1.08 bits per heavy atom. The highest BCUT2D eigenvalue weighted by Crippen LogP contribution is 2.27. The van der Waals surface area contributed by atoms with Gasteiger partial charge in [-0.15, -0.1) is 0 Å².